The van der Waals surface area contributed by atoms with Crippen molar-refractivity contribution in [2.75, 3.05) is 46.7 Å². The number of azo groups is 2. The number of anilines is 8. The van der Waals surface area contributed by atoms with Crippen molar-refractivity contribution in [3.63, 3.8) is 0 Å². The van der Waals surface area contributed by atoms with Crippen LogP contribution in [0.15, 0.2) is 81.1 Å². The van der Waals surface area contributed by atoms with Gasteiger partial charge in [0.05, 0.1) is 24.6 Å². The van der Waals surface area contributed by atoms with E-state index in [1.807, 2.05) is 81.4 Å². The molecular weight excluding hydrogens is 1250 g/mol. The number of ether oxygens (including phenoxy) is 1. The molecule has 0 aliphatic rings. The van der Waals surface area contributed by atoms with E-state index in [4.69, 9.17) is 45.4 Å². The number of rotatable bonds is 20. The zero-order valence-corrected chi connectivity index (χ0v) is 61.5. The Morgan fingerprint density at radius 2 is 0.763 bits per heavy atom. The monoisotopic (exact) mass is 1330 g/mol. The molecule has 10 aromatic rings. The Kier molecular flexibility index (Phi) is 20.2. The van der Waals surface area contributed by atoms with Gasteiger partial charge in [-0.05, 0) is 179 Å². The Bertz CT molecular complexity index is 4450. The minimum Gasteiger partial charge on any atom is -0.378 e. The zero-order chi connectivity index (χ0) is 70.3. The van der Waals surface area contributed by atoms with Crippen LogP contribution >= 0.6 is 23.1 Å². The molecule has 0 unspecified atom stereocenters. The number of aryl methyl sites for hydroxylation is 16. The van der Waals surface area contributed by atoms with Crippen molar-refractivity contribution >= 4 is 92.1 Å². The first-order chi connectivity index (χ1) is 45.8. The van der Waals surface area contributed by atoms with Crippen molar-refractivity contribution in [1.29, 1.82) is 10.5 Å². The second-order valence-electron chi connectivity index (χ2n) is 27.5. The van der Waals surface area contributed by atoms with Crippen molar-refractivity contribution in [1.82, 2.24) is 48.2 Å². The number of nitriles is 2. The fourth-order valence-electron chi connectivity index (χ4n) is 12.7. The molecule has 0 saturated heterocycles. The molecule has 0 bridgehead atoms. The molecule has 2 N–H and O–H groups in total. The van der Waals surface area contributed by atoms with E-state index < -0.39 is 10.8 Å². The molecule has 10 rings (SSSR count). The smallest absolute Gasteiger partial charge is 0.232 e. The van der Waals surface area contributed by atoms with Crippen molar-refractivity contribution in [2.45, 2.75) is 163 Å². The summed E-state index contributed by atoms with van der Waals surface area (Å²) in [5.74, 6) is 3.95. The maximum absolute atomic E-state index is 10.8. The van der Waals surface area contributed by atoms with Crippen LogP contribution in [0.3, 0.4) is 0 Å². The van der Waals surface area contributed by atoms with E-state index >= 15 is 0 Å². The number of nitrogens with one attached hydrogen (secondary N) is 2. The van der Waals surface area contributed by atoms with Crippen molar-refractivity contribution in [3.05, 3.63) is 173 Å². The number of aromatic nitrogens is 10. The van der Waals surface area contributed by atoms with E-state index in [-0.39, 0.29) is 11.6 Å². The third-order valence-corrected chi connectivity index (χ3v) is 18.3. The average molecular weight is 1340 g/mol. The first-order valence-electron chi connectivity index (χ1n) is 32.4. The van der Waals surface area contributed by atoms with E-state index in [2.05, 4.69) is 183 Å². The van der Waals surface area contributed by atoms with E-state index in [9.17, 15) is 10.5 Å². The minimum absolute atomic E-state index is 0.248. The number of hydrogen-bond donors (Lipinski definition) is 2. The first kappa shape index (κ1) is 69.9. The zero-order valence-electron chi connectivity index (χ0n) is 59.9. The maximum Gasteiger partial charge on any atom is 0.232 e. The maximum atomic E-state index is 10.8. The summed E-state index contributed by atoms with van der Waals surface area (Å²) in [4.78, 5) is 24.8. The highest BCUT2D eigenvalue weighted by atomic mass is 32.1. The van der Waals surface area contributed by atoms with Crippen molar-refractivity contribution < 1.29 is 4.74 Å². The molecule has 0 aliphatic heterocycles. The first-order valence-corrected chi connectivity index (χ1v) is 33.9. The molecule has 0 atom stereocenters. The molecule has 0 saturated carbocycles. The second kappa shape index (κ2) is 28.0. The van der Waals surface area contributed by atoms with Gasteiger partial charge in [-0.15, -0.1) is 20.5 Å². The quantitative estimate of drug-likeness (QED) is 0.0532. The van der Waals surface area contributed by atoms with Gasteiger partial charge in [0.1, 0.15) is 57.9 Å². The van der Waals surface area contributed by atoms with Gasteiger partial charge in [0.25, 0.3) is 0 Å². The molecule has 0 spiro atoms. The highest BCUT2D eigenvalue weighted by molar-refractivity contribution is 7.08. The van der Waals surface area contributed by atoms with Crippen LogP contribution in [-0.2, 0) is 15.6 Å². The van der Waals surface area contributed by atoms with E-state index in [0.717, 1.165) is 101 Å². The summed E-state index contributed by atoms with van der Waals surface area (Å²) in [7, 11) is 0. The highest BCUT2D eigenvalue weighted by Gasteiger charge is 2.32. The third-order valence-electron chi connectivity index (χ3n) is 16.7. The fraction of sp³-hybridized carbons (Fsp3) is 0.378. The van der Waals surface area contributed by atoms with Crippen LogP contribution in [0.5, 0.6) is 0 Å². The Morgan fingerprint density at radius 3 is 1.05 bits per heavy atom. The number of hydrogen-bond acceptors (Lipinski definition) is 21. The molecular formula is C74H86N20OS2. The molecule has 6 aromatic heterocycles. The minimum atomic E-state index is -0.498. The second-order valence-corrected chi connectivity index (χ2v) is 28.9. The topological polar surface area (TPSA) is 250 Å². The largest absolute Gasteiger partial charge is 0.378 e. The van der Waals surface area contributed by atoms with Gasteiger partial charge >= 0.3 is 0 Å². The van der Waals surface area contributed by atoms with E-state index in [1.165, 1.54) is 23.1 Å². The van der Waals surface area contributed by atoms with Crippen LogP contribution in [0, 0.1) is 133 Å². The van der Waals surface area contributed by atoms with Gasteiger partial charge in [0.15, 0.2) is 23.3 Å². The molecule has 21 nitrogen and oxygen atoms in total. The number of benzene rings is 4. The van der Waals surface area contributed by atoms with Crippen LogP contribution in [0.1, 0.15) is 154 Å². The average Bonchev–Trinajstić information content (AvgIpc) is 1.70. The summed E-state index contributed by atoms with van der Waals surface area (Å²) >= 11 is 2.36. The standard InChI is InChI=1S/C74H86N20OS2/c1-39-27-43(5)59(44(6)28-39)81-67-61(83-85-69-55(37-75)65(73(17,18)19)87-93(69)71-77-53(15)89-96-71)47(9)35-57(79-67)91(63-49(11)31-41(3)32-50(63)12)23-25-95-26-24-92(64-51(13)33-42(4)34-52(64)14)58-36-48(10)62(68(80-58)82-60-45(7)29-40(2)30-46(60)8)84-86-70-56(38-76)66(74(20,21)22)88-94(70)72-78-54(16)90-97-72/h27-36H,23-26H2,1-22H3,(H,79,81)(H,80,82). The van der Waals surface area contributed by atoms with Gasteiger partial charge in [-0.1, -0.05) is 112 Å². The summed E-state index contributed by atoms with van der Waals surface area (Å²) in [6.07, 6.45) is 0. The predicted molar refractivity (Wildman–Crippen MR) is 391 cm³/mol. The van der Waals surface area contributed by atoms with E-state index in [1.54, 1.807) is 9.36 Å². The molecule has 0 amide bonds. The van der Waals surface area contributed by atoms with Crippen molar-refractivity contribution in [2.24, 2.45) is 20.5 Å². The van der Waals surface area contributed by atoms with Gasteiger partial charge in [-0.25, -0.2) is 19.9 Å². The Morgan fingerprint density at radius 1 is 0.443 bits per heavy atom. The van der Waals surface area contributed by atoms with Crippen molar-refractivity contribution in [3.8, 4) is 22.4 Å². The highest BCUT2D eigenvalue weighted by Crippen LogP contribution is 2.44. The van der Waals surface area contributed by atoms with Crippen LogP contribution < -0.4 is 20.4 Å². The molecule has 0 fully saturated rings. The molecule has 500 valence electrons. The molecule has 97 heavy (non-hydrogen) atoms. The summed E-state index contributed by atoms with van der Waals surface area (Å²) < 4.78 is 18.9. The van der Waals surface area contributed by atoms with E-state index in [0.29, 0.717) is 105 Å². The van der Waals surface area contributed by atoms with Crippen LogP contribution in [0.2, 0.25) is 0 Å². The summed E-state index contributed by atoms with van der Waals surface area (Å²) in [5, 5.41) is 59.5. The SMILES string of the molecule is Cc1cc(C)c(Nc2nc(N(CCOCCN(c3cc(C)c(N=Nc4c(C#N)c(C(C)(C)C)nn4-c4nc(C)ns4)c(Nc4c(C)cc(C)cc4C)n3)c3c(C)cc(C)cc3C)c3c(C)cc(C)cc3C)cc(C)c2N=Nc2c(C#N)c(C(C)(C)C)nn2-c2nc(C)ns2)c(C)c1. The molecule has 23 heteroatoms. The lowest BCUT2D eigenvalue weighted by molar-refractivity contribution is 0.149. The van der Waals surface area contributed by atoms with Crippen LogP contribution in [0.4, 0.5) is 69.0 Å². The van der Waals surface area contributed by atoms with Gasteiger partial charge in [-0.2, -0.15) is 38.8 Å². The molecule has 4 aromatic carbocycles. The molecule has 0 radical (unpaired) electrons. The predicted octanol–water partition coefficient (Wildman–Crippen LogP) is 19.1. The Labute approximate surface area is 577 Å². The molecule has 6 heterocycles. The Balaban J connectivity index is 1.04. The van der Waals surface area contributed by atoms with Crippen LogP contribution in [-0.4, -0.2) is 74.5 Å². The Hall–Kier alpha value is -9.94. The lowest BCUT2D eigenvalue weighted by atomic mass is 9.89. The third kappa shape index (κ3) is 14.9. The van der Waals surface area contributed by atoms with Gasteiger partial charge in [0.2, 0.25) is 10.3 Å². The normalized spacial score (nSPS) is 11.9. The van der Waals surface area contributed by atoms with Gasteiger partial charge < -0.3 is 25.2 Å². The van der Waals surface area contributed by atoms with Crippen LogP contribution in [0.25, 0.3) is 10.3 Å². The van der Waals surface area contributed by atoms with Gasteiger partial charge in [0, 0.05) is 69.7 Å². The summed E-state index contributed by atoms with van der Waals surface area (Å²) in [6, 6.07) is 26.2. The summed E-state index contributed by atoms with van der Waals surface area (Å²) in [6.45, 7) is 46.5. The molecule has 0 aliphatic carbocycles. The fourth-order valence-corrected chi connectivity index (χ4v) is 14.0. The lowest BCUT2D eigenvalue weighted by Gasteiger charge is -2.30. The number of nitrogens with zero attached hydrogens (tertiary/aromatic N) is 18. The lowest BCUT2D eigenvalue weighted by Crippen LogP contribution is -2.28. The summed E-state index contributed by atoms with van der Waals surface area (Å²) in [5.41, 5.74) is 20.2. The number of pyridine rings is 2. The van der Waals surface area contributed by atoms with Gasteiger partial charge in [-0.3, -0.25) is 0 Å².